The number of ether oxygens (including phenoxy) is 1. The van der Waals surface area contributed by atoms with Crippen LogP contribution in [0.5, 0.6) is 0 Å². The van der Waals surface area contributed by atoms with E-state index in [1.54, 1.807) is 0 Å². The summed E-state index contributed by atoms with van der Waals surface area (Å²) in [6, 6.07) is 0. The summed E-state index contributed by atoms with van der Waals surface area (Å²) < 4.78 is 5.40. The lowest BCUT2D eigenvalue weighted by Crippen LogP contribution is -2.44. The topological polar surface area (TPSA) is 38.3 Å². The normalized spacial score (nSPS) is 44.6. The van der Waals surface area contributed by atoms with Crippen LogP contribution in [0.1, 0.15) is 33.1 Å². The van der Waals surface area contributed by atoms with Crippen LogP contribution in [0.15, 0.2) is 0 Å². The Bertz CT molecular complexity index is 229. The van der Waals surface area contributed by atoms with Gasteiger partial charge >= 0.3 is 6.09 Å². The van der Waals surface area contributed by atoms with Crippen molar-refractivity contribution in [1.29, 1.82) is 0 Å². The molecule has 1 aliphatic heterocycles. The van der Waals surface area contributed by atoms with Crippen LogP contribution in [-0.4, -0.2) is 18.2 Å². The van der Waals surface area contributed by atoms with E-state index in [9.17, 15) is 4.79 Å². The molecule has 3 unspecified atom stereocenters. The van der Waals surface area contributed by atoms with Crippen molar-refractivity contribution in [2.75, 3.05) is 6.54 Å². The first-order chi connectivity index (χ1) is 6.12. The van der Waals surface area contributed by atoms with Gasteiger partial charge in [-0.05, 0) is 31.1 Å². The lowest BCUT2D eigenvalue weighted by molar-refractivity contribution is -0.0273. The van der Waals surface area contributed by atoms with E-state index in [4.69, 9.17) is 4.74 Å². The van der Waals surface area contributed by atoms with E-state index in [0.717, 1.165) is 12.3 Å². The number of amides is 1. The Morgan fingerprint density at radius 3 is 2.85 bits per heavy atom. The molecule has 2 rings (SSSR count). The Labute approximate surface area is 78.8 Å². The van der Waals surface area contributed by atoms with Gasteiger partial charge in [-0.15, -0.1) is 0 Å². The van der Waals surface area contributed by atoms with Crippen LogP contribution in [0, 0.1) is 11.8 Å². The Hall–Kier alpha value is -0.730. The van der Waals surface area contributed by atoms with Gasteiger partial charge in [0.1, 0.15) is 5.60 Å². The van der Waals surface area contributed by atoms with E-state index in [0.29, 0.717) is 12.5 Å². The molecule has 1 saturated heterocycles. The van der Waals surface area contributed by atoms with Crippen molar-refractivity contribution in [1.82, 2.24) is 5.32 Å². The van der Waals surface area contributed by atoms with Gasteiger partial charge in [-0.2, -0.15) is 0 Å². The molecule has 0 aromatic heterocycles. The second-order valence-corrected chi connectivity index (χ2v) is 4.59. The Morgan fingerprint density at radius 1 is 1.54 bits per heavy atom. The van der Waals surface area contributed by atoms with E-state index >= 15 is 0 Å². The highest BCUT2D eigenvalue weighted by Crippen LogP contribution is 2.40. The number of carbonyl (C=O) groups is 1. The molecule has 3 nitrogen and oxygen atoms in total. The predicted molar refractivity (Wildman–Crippen MR) is 49.4 cm³/mol. The fourth-order valence-corrected chi connectivity index (χ4v) is 2.57. The van der Waals surface area contributed by atoms with E-state index < -0.39 is 0 Å². The molecular weight excluding hydrogens is 166 g/mol. The van der Waals surface area contributed by atoms with Gasteiger partial charge in [-0.3, -0.25) is 0 Å². The van der Waals surface area contributed by atoms with Gasteiger partial charge in [0.25, 0.3) is 0 Å². The van der Waals surface area contributed by atoms with Crippen LogP contribution in [0.4, 0.5) is 4.79 Å². The molecule has 1 amide bonds. The van der Waals surface area contributed by atoms with Gasteiger partial charge in [0.2, 0.25) is 0 Å². The highest BCUT2D eigenvalue weighted by Gasteiger charge is 2.47. The zero-order chi connectivity index (χ0) is 9.47. The minimum absolute atomic E-state index is 0.177. The lowest BCUT2D eigenvalue weighted by atomic mass is 9.72. The number of hydrogen-bond acceptors (Lipinski definition) is 2. The minimum Gasteiger partial charge on any atom is -0.441 e. The van der Waals surface area contributed by atoms with Gasteiger partial charge in [0.05, 0.1) is 6.54 Å². The smallest absolute Gasteiger partial charge is 0.407 e. The van der Waals surface area contributed by atoms with Crippen LogP contribution in [0.2, 0.25) is 0 Å². The molecule has 0 radical (unpaired) electrons. The van der Waals surface area contributed by atoms with E-state index in [1.165, 1.54) is 12.8 Å². The summed E-state index contributed by atoms with van der Waals surface area (Å²) in [6.45, 7) is 5.17. The quantitative estimate of drug-likeness (QED) is 0.623. The Balaban J connectivity index is 2.10. The van der Waals surface area contributed by atoms with Crippen LogP contribution in [0.25, 0.3) is 0 Å². The second-order valence-electron chi connectivity index (χ2n) is 4.59. The largest absolute Gasteiger partial charge is 0.441 e. The third-order valence-electron chi connectivity index (χ3n) is 3.54. The molecule has 1 N–H and O–H groups in total. The standard InChI is InChI=1S/C10H17NO2/c1-7-3-4-10(8(2)5-7)6-11-9(12)13-10/h7-8H,3-6H2,1-2H3,(H,11,12). The molecule has 74 valence electrons. The average Bonchev–Trinajstić information content (AvgIpc) is 2.43. The monoisotopic (exact) mass is 183 g/mol. The SMILES string of the molecule is CC1CCC2(CNC(=O)O2)C(C)C1. The Kier molecular flexibility index (Phi) is 1.97. The number of hydrogen-bond donors (Lipinski definition) is 1. The highest BCUT2D eigenvalue weighted by atomic mass is 16.6. The molecular formula is C10H17NO2. The molecule has 0 bridgehead atoms. The van der Waals surface area contributed by atoms with Gasteiger partial charge in [0.15, 0.2) is 0 Å². The summed E-state index contributed by atoms with van der Waals surface area (Å²) in [5, 5.41) is 2.76. The Morgan fingerprint density at radius 2 is 2.31 bits per heavy atom. The highest BCUT2D eigenvalue weighted by molar-refractivity contribution is 5.70. The first kappa shape index (κ1) is 8.85. The number of carbonyl (C=O) groups excluding carboxylic acids is 1. The zero-order valence-electron chi connectivity index (χ0n) is 8.30. The third kappa shape index (κ3) is 1.40. The molecule has 3 heteroatoms. The van der Waals surface area contributed by atoms with Crippen molar-refractivity contribution in [3.63, 3.8) is 0 Å². The van der Waals surface area contributed by atoms with Crippen molar-refractivity contribution in [3.05, 3.63) is 0 Å². The summed E-state index contributed by atoms with van der Waals surface area (Å²) in [7, 11) is 0. The van der Waals surface area contributed by atoms with Crippen molar-refractivity contribution in [2.24, 2.45) is 11.8 Å². The molecule has 2 fully saturated rings. The van der Waals surface area contributed by atoms with Crippen molar-refractivity contribution < 1.29 is 9.53 Å². The molecule has 1 saturated carbocycles. The molecule has 1 aliphatic carbocycles. The molecule has 0 aromatic carbocycles. The maximum Gasteiger partial charge on any atom is 0.407 e. The zero-order valence-corrected chi connectivity index (χ0v) is 8.30. The van der Waals surface area contributed by atoms with Gasteiger partial charge in [0, 0.05) is 0 Å². The molecule has 1 heterocycles. The first-order valence-corrected chi connectivity index (χ1v) is 5.09. The fourth-order valence-electron chi connectivity index (χ4n) is 2.57. The van der Waals surface area contributed by atoms with Crippen LogP contribution < -0.4 is 5.32 Å². The van der Waals surface area contributed by atoms with Crippen LogP contribution >= 0.6 is 0 Å². The summed E-state index contributed by atoms with van der Waals surface area (Å²) in [5.74, 6) is 1.27. The maximum atomic E-state index is 11.0. The van der Waals surface area contributed by atoms with Gasteiger partial charge in [-0.25, -0.2) is 4.79 Å². The molecule has 0 aromatic rings. The summed E-state index contributed by atoms with van der Waals surface area (Å²) in [5.41, 5.74) is -0.177. The van der Waals surface area contributed by atoms with Crippen molar-refractivity contribution in [3.8, 4) is 0 Å². The van der Waals surface area contributed by atoms with Gasteiger partial charge < -0.3 is 10.1 Å². The first-order valence-electron chi connectivity index (χ1n) is 5.09. The predicted octanol–water partition coefficient (Wildman–Crippen LogP) is 1.92. The minimum atomic E-state index is -0.235. The van der Waals surface area contributed by atoms with E-state index in [2.05, 4.69) is 19.2 Å². The van der Waals surface area contributed by atoms with Crippen LogP contribution in [-0.2, 0) is 4.74 Å². The molecule has 1 spiro atoms. The number of alkyl carbamates (subject to hydrolysis) is 1. The van der Waals surface area contributed by atoms with Gasteiger partial charge in [-0.1, -0.05) is 13.8 Å². The number of nitrogens with one attached hydrogen (secondary N) is 1. The van der Waals surface area contributed by atoms with E-state index in [1.807, 2.05) is 0 Å². The summed E-state index contributed by atoms with van der Waals surface area (Å²) in [4.78, 5) is 11.0. The number of rotatable bonds is 0. The maximum absolute atomic E-state index is 11.0. The van der Waals surface area contributed by atoms with Crippen molar-refractivity contribution >= 4 is 6.09 Å². The lowest BCUT2D eigenvalue weighted by Gasteiger charge is -2.39. The molecule has 13 heavy (non-hydrogen) atoms. The van der Waals surface area contributed by atoms with Crippen molar-refractivity contribution in [2.45, 2.75) is 38.7 Å². The summed E-state index contributed by atoms with van der Waals surface area (Å²) in [6.07, 6.45) is 3.14. The molecule has 2 aliphatic rings. The van der Waals surface area contributed by atoms with E-state index in [-0.39, 0.29) is 11.7 Å². The fraction of sp³-hybridized carbons (Fsp3) is 0.900. The second kappa shape index (κ2) is 2.89. The molecule has 3 atom stereocenters. The van der Waals surface area contributed by atoms with Crippen LogP contribution in [0.3, 0.4) is 0 Å². The summed E-state index contributed by atoms with van der Waals surface area (Å²) >= 11 is 0. The average molecular weight is 183 g/mol. The third-order valence-corrected chi connectivity index (χ3v) is 3.54.